The van der Waals surface area contributed by atoms with Gasteiger partial charge in [-0.25, -0.2) is 29.9 Å². The SMILES string of the molecule is c1ccc(-c2nc(-c3ccccc3)nc(-c3ccc4oc5c(-n6c7ccccc7c7ccccc76)cccc5c4c3)n2)cc1.c1ccc(-c2nc(-c3ccccc3)nc(-c3cccc4c3oc3cccc(-n5c6ccccc6c6ccccc65)c34)n2)cc1.c1ccc(-n2c3cc(-n4c5ccccc5c5ccccc54)ccc3c3ccc(-n4c5ccccc5c5ccccc54)cc32)cc1. The Morgan fingerprint density at radius 1 is 0.158 bits per heavy atom. The van der Waals surface area contributed by atoms with Crippen molar-refractivity contribution in [2.75, 3.05) is 0 Å². The molecule has 0 unspecified atom stereocenters. The fourth-order valence-electron chi connectivity index (χ4n) is 20.1. The van der Waals surface area contributed by atoms with E-state index in [4.69, 9.17) is 38.7 Å². The molecule has 0 amide bonds. The van der Waals surface area contributed by atoms with Gasteiger partial charge in [0.2, 0.25) is 0 Å². The van der Waals surface area contributed by atoms with Gasteiger partial charge < -0.3 is 31.7 Å². The van der Waals surface area contributed by atoms with Gasteiger partial charge in [-0.05, 0) is 127 Å². The van der Waals surface area contributed by atoms with Crippen LogP contribution < -0.4 is 0 Å². The number of para-hydroxylation sites is 11. The number of hydrogen-bond acceptors (Lipinski definition) is 8. The summed E-state index contributed by atoms with van der Waals surface area (Å²) in [6.45, 7) is 0. The standard InChI is InChI=1S/C42H27N3.2C39H24N4O/c1-2-12-28(13-3-1)43-41-26-29(44-37-18-8-4-14-31(37)32-15-5-9-19-38(32)44)22-24-35(41)36-25-23-30(27-42(36)43)45-39-20-10-6-16-33(39)34-17-7-11-21-40(34)45;1-3-13-25(14-4-1)37-40-38(26-15-5-2-6-16-26)42-39(41-37)30-20-11-19-29-35-33(23-12-24-34(35)44-36(29)30)43-31-21-9-7-17-27(31)28-18-8-10-22-32(28)43;1-3-12-25(13-4-1)37-40-38(26-14-5-2-6-15-26)42-39(41-37)27-22-23-35-31(24-27)30-18-11-21-34(36(30)44-35)43-32-19-9-7-16-28(32)29-17-8-10-20-33(29)43/h1-27H;2*1-24H. The van der Waals surface area contributed by atoms with Gasteiger partial charge in [-0.15, -0.1) is 0 Å². The van der Waals surface area contributed by atoms with Crippen molar-refractivity contribution in [3.8, 4) is 96.8 Å². The van der Waals surface area contributed by atoms with Crippen LogP contribution in [0.5, 0.6) is 0 Å². The van der Waals surface area contributed by atoms with Crippen LogP contribution in [0.4, 0.5) is 0 Å². The van der Waals surface area contributed by atoms with Gasteiger partial charge in [-0.2, -0.15) is 0 Å². The second-order valence-electron chi connectivity index (χ2n) is 33.5. The van der Waals surface area contributed by atoms with Gasteiger partial charge in [0.25, 0.3) is 0 Å². The Morgan fingerprint density at radius 2 is 0.459 bits per heavy atom. The fraction of sp³-hybridized carbons (Fsp3) is 0. The molecule has 0 atom stereocenters. The van der Waals surface area contributed by atoms with Gasteiger partial charge in [0.15, 0.2) is 40.5 Å². The quantitative estimate of drug-likeness (QED) is 0.125. The first-order chi connectivity index (χ1) is 66.0. The highest BCUT2D eigenvalue weighted by molar-refractivity contribution is 6.19. The van der Waals surface area contributed by atoms with Gasteiger partial charge in [0.05, 0.1) is 77.5 Å². The summed E-state index contributed by atoms with van der Waals surface area (Å²) in [5.74, 6) is 3.70. The largest absolute Gasteiger partial charge is 0.455 e. The van der Waals surface area contributed by atoms with E-state index in [1.165, 1.54) is 87.0 Å². The number of furan rings is 2. The molecule has 28 aromatic rings. The predicted molar refractivity (Wildman–Crippen MR) is 545 cm³/mol. The minimum Gasteiger partial charge on any atom is -0.455 e. The van der Waals surface area contributed by atoms with E-state index in [1.807, 2.05) is 146 Å². The van der Waals surface area contributed by atoms with Crippen molar-refractivity contribution in [3.05, 3.63) is 455 Å². The highest BCUT2D eigenvalue weighted by Crippen LogP contribution is 2.46. The molecule has 9 aromatic heterocycles. The molecule has 0 spiro atoms. The molecule has 0 saturated carbocycles. The summed E-state index contributed by atoms with van der Waals surface area (Å²) in [4.78, 5) is 29.6. The van der Waals surface area contributed by atoms with Crippen molar-refractivity contribution in [3.63, 3.8) is 0 Å². The van der Waals surface area contributed by atoms with Gasteiger partial charge in [-0.3, -0.25) is 0 Å². The Labute approximate surface area is 761 Å². The number of hydrogen-bond donors (Lipinski definition) is 0. The second-order valence-corrected chi connectivity index (χ2v) is 33.5. The smallest absolute Gasteiger partial charge is 0.167 e. The van der Waals surface area contributed by atoms with E-state index in [0.717, 1.165) is 128 Å². The third kappa shape index (κ3) is 12.7. The molecule has 0 N–H and O–H groups in total. The van der Waals surface area contributed by atoms with Crippen molar-refractivity contribution in [2.24, 2.45) is 0 Å². The first kappa shape index (κ1) is 76.1. The van der Waals surface area contributed by atoms with Crippen LogP contribution in [0.2, 0.25) is 0 Å². The lowest BCUT2D eigenvalue weighted by Gasteiger charge is -2.12. The number of rotatable bonds is 11. The summed E-state index contributed by atoms with van der Waals surface area (Å²) < 4.78 is 25.2. The molecule has 0 aliphatic rings. The van der Waals surface area contributed by atoms with E-state index in [9.17, 15) is 0 Å². The van der Waals surface area contributed by atoms with Crippen molar-refractivity contribution < 1.29 is 8.83 Å². The Hall–Kier alpha value is -18.2. The van der Waals surface area contributed by atoms with Crippen LogP contribution in [-0.2, 0) is 0 Å². The summed E-state index contributed by atoms with van der Waals surface area (Å²) in [5.41, 5.74) is 26.1. The minimum atomic E-state index is 0.570. The first-order valence-electron chi connectivity index (χ1n) is 44.7. The summed E-state index contributed by atoms with van der Waals surface area (Å²) in [6.07, 6.45) is 0. The average molecular weight is 1700 g/mol. The lowest BCUT2D eigenvalue weighted by Crippen LogP contribution is -2.00. The highest BCUT2D eigenvalue weighted by Gasteiger charge is 2.26. The average Bonchev–Trinajstić information content (AvgIpc) is 1.58. The molecular weight excluding hydrogens is 1630 g/mol. The number of aromatic nitrogens is 11. The van der Waals surface area contributed by atoms with Gasteiger partial charge in [0.1, 0.15) is 16.7 Å². The third-order valence-electron chi connectivity index (χ3n) is 25.9. The minimum absolute atomic E-state index is 0.570. The summed E-state index contributed by atoms with van der Waals surface area (Å²) in [7, 11) is 0. The molecule has 0 fully saturated rings. The van der Waals surface area contributed by atoms with Crippen LogP contribution in [0.1, 0.15) is 0 Å². The zero-order valence-corrected chi connectivity index (χ0v) is 71.5. The highest BCUT2D eigenvalue weighted by atomic mass is 16.3. The van der Waals surface area contributed by atoms with Crippen molar-refractivity contribution in [2.45, 2.75) is 0 Å². The molecular formula is C120H75N11O2. The van der Waals surface area contributed by atoms with Crippen LogP contribution in [0.15, 0.2) is 464 Å². The summed E-state index contributed by atoms with van der Waals surface area (Å²) in [6, 6.07) is 159. The zero-order chi connectivity index (χ0) is 87.6. The van der Waals surface area contributed by atoms with Crippen molar-refractivity contribution in [1.29, 1.82) is 0 Å². The van der Waals surface area contributed by atoms with E-state index in [2.05, 4.69) is 332 Å². The van der Waals surface area contributed by atoms with Crippen LogP contribution in [0.25, 0.3) is 250 Å². The summed E-state index contributed by atoms with van der Waals surface area (Å²) >= 11 is 0. The Bertz CT molecular complexity index is 8980. The molecule has 9 heterocycles. The maximum Gasteiger partial charge on any atom is 0.167 e. The van der Waals surface area contributed by atoms with Crippen LogP contribution in [0, 0.1) is 0 Å². The predicted octanol–water partition coefficient (Wildman–Crippen LogP) is 30.7. The Kier molecular flexibility index (Phi) is 17.9. The lowest BCUT2D eigenvalue weighted by molar-refractivity contribution is 0.666. The Balaban J connectivity index is 0.000000104. The van der Waals surface area contributed by atoms with Gasteiger partial charge in [-0.1, -0.05) is 328 Å². The summed E-state index contributed by atoms with van der Waals surface area (Å²) in [5, 5.41) is 16.6. The molecule has 0 saturated heterocycles. The monoisotopic (exact) mass is 1700 g/mol. The van der Waals surface area contributed by atoms with Gasteiger partial charge >= 0.3 is 0 Å². The molecule has 622 valence electrons. The molecule has 0 aliphatic heterocycles. The number of nitrogens with zero attached hydrogens (tertiary/aromatic N) is 11. The van der Waals surface area contributed by atoms with Crippen molar-refractivity contribution in [1.82, 2.24) is 52.7 Å². The molecule has 28 rings (SSSR count). The molecule has 0 bridgehead atoms. The topological polar surface area (TPSA) is 128 Å². The van der Waals surface area contributed by atoms with Gasteiger partial charge in [0, 0.05) is 115 Å². The van der Waals surface area contributed by atoms with Crippen LogP contribution in [-0.4, -0.2) is 52.7 Å². The molecule has 133 heavy (non-hydrogen) atoms. The molecule has 19 aromatic carbocycles. The van der Waals surface area contributed by atoms with Crippen LogP contribution in [0.3, 0.4) is 0 Å². The van der Waals surface area contributed by atoms with Crippen molar-refractivity contribution >= 4 is 153 Å². The number of benzene rings is 19. The normalized spacial score (nSPS) is 11.8. The maximum atomic E-state index is 6.68. The molecule has 0 radical (unpaired) electrons. The van der Waals surface area contributed by atoms with E-state index in [0.29, 0.717) is 34.9 Å². The lowest BCUT2D eigenvalue weighted by atomic mass is 10.1. The third-order valence-corrected chi connectivity index (χ3v) is 25.9. The van der Waals surface area contributed by atoms with E-state index in [1.54, 1.807) is 0 Å². The van der Waals surface area contributed by atoms with E-state index < -0.39 is 0 Å². The second kappa shape index (κ2) is 31.4. The molecule has 0 aliphatic carbocycles. The van der Waals surface area contributed by atoms with E-state index in [-0.39, 0.29) is 0 Å². The fourth-order valence-corrected chi connectivity index (χ4v) is 20.1. The number of fused-ring (bicyclic) bond motifs is 21. The molecule has 13 heteroatoms. The molecule has 13 nitrogen and oxygen atoms in total. The first-order valence-corrected chi connectivity index (χ1v) is 44.7. The van der Waals surface area contributed by atoms with E-state index >= 15 is 0 Å². The maximum absolute atomic E-state index is 6.68. The zero-order valence-electron chi connectivity index (χ0n) is 71.5. The Morgan fingerprint density at radius 3 is 0.872 bits per heavy atom. The van der Waals surface area contributed by atoms with Crippen LogP contribution >= 0.6 is 0 Å².